The molecule has 0 fully saturated rings. The molecule has 86 valence electrons. The van der Waals surface area contributed by atoms with Crippen molar-refractivity contribution in [1.29, 1.82) is 0 Å². The van der Waals surface area contributed by atoms with Crippen molar-refractivity contribution in [1.82, 2.24) is 5.32 Å². The van der Waals surface area contributed by atoms with Crippen molar-refractivity contribution in [3.63, 3.8) is 0 Å². The second-order valence-electron chi connectivity index (χ2n) is 3.25. The molecule has 1 unspecified atom stereocenters. The van der Waals surface area contributed by atoms with Gasteiger partial charge in [-0.1, -0.05) is 15.9 Å². The number of aromatic hydroxyl groups is 1. The van der Waals surface area contributed by atoms with E-state index in [0.29, 0.717) is 13.1 Å². The van der Waals surface area contributed by atoms with Crippen LogP contribution in [0, 0.1) is 0 Å². The van der Waals surface area contributed by atoms with Crippen molar-refractivity contribution >= 4 is 28.3 Å². The maximum atomic E-state index is 9.48. The van der Waals surface area contributed by atoms with Crippen LogP contribution in [0.25, 0.3) is 0 Å². The lowest BCUT2D eigenvalue weighted by atomic mass is 10.2. The molecule has 0 radical (unpaired) electrons. The minimum Gasteiger partial charge on any atom is -0.508 e. The molecule has 0 saturated carbocycles. The van der Waals surface area contributed by atoms with E-state index < -0.39 is 0 Å². The van der Waals surface area contributed by atoms with Gasteiger partial charge in [0.2, 0.25) is 0 Å². The van der Waals surface area contributed by atoms with E-state index in [1.165, 1.54) is 0 Å². The number of rotatable bonds is 4. The van der Waals surface area contributed by atoms with Crippen molar-refractivity contribution in [3.05, 3.63) is 28.2 Å². The minimum absolute atomic E-state index is 0. The van der Waals surface area contributed by atoms with Crippen LogP contribution in [0.4, 0.5) is 0 Å². The van der Waals surface area contributed by atoms with E-state index in [1.807, 2.05) is 6.07 Å². The van der Waals surface area contributed by atoms with E-state index in [9.17, 15) is 5.11 Å². The molecule has 0 amide bonds. The zero-order chi connectivity index (χ0) is 10.6. The lowest BCUT2D eigenvalue weighted by molar-refractivity contribution is 0.191. The third kappa shape index (κ3) is 5.37. The van der Waals surface area contributed by atoms with Gasteiger partial charge in [0.1, 0.15) is 5.75 Å². The highest BCUT2D eigenvalue weighted by atomic mass is 79.9. The fraction of sp³-hybridized carbons (Fsp3) is 0.400. The smallest absolute Gasteiger partial charge is 0.120 e. The third-order valence-electron chi connectivity index (χ3n) is 1.80. The first-order valence-corrected chi connectivity index (χ1v) is 5.25. The lowest BCUT2D eigenvalue weighted by Gasteiger charge is -2.08. The maximum absolute atomic E-state index is 9.48. The number of halogens is 2. The lowest BCUT2D eigenvalue weighted by Crippen LogP contribution is -2.23. The highest BCUT2D eigenvalue weighted by Gasteiger charge is 2.02. The Hall–Kier alpha value is -0.290. The molecular weight excluding hydrogens is 281 g/mol. The summed E-state index contributed by atoms with van der Waals surface area (Å²) in [5, 5.41) is 21.5. The Balaban J connectivity index is 0.00000196. The summed E-state index contributed by atoms with van der Waals surface area (Å²) in [7, 11) is 0. The van der Waals surface area contributed by atoms with Gasteiger partial charge in [-0.15, -0.1) is 12.4 Å². The number of hydrogen-bond donors (Lipinski definition) is 3. The molecule has 0 heterocycles. The summed E-state index contributed by atoms with van der Waals surface area (Å²) in [4.78, 5) is 0. The van der Waals surface area contributed by atoms with Gasteiger partial charge in [0.05, 0.1) is 6.10 Å². The number of benzene rings is 1. The Kier molecular flexibility index (Phi) is 6.92. The van der Waals surface area contributed by atoms with Crippen LogP contribution in [0.3, 0.4) is 0 Å². The first-order chi connectivity index (χ1) is 6.59. The highest BCUT2D eigenvalue weighted by molar-refractivity contribution is 9.10. The van der Waals surface area contributed by atoms with Gasteiger partial charge in [0.15, 0.2) is 0 Å². The second kappa shape index (κ2) is 7.06. The van der Waals surface area contributed by atoms with Crippen LogP contribution in [-0.4, -0.2) is 22.9 Å². The summed E-state index contributed by atoms with van der Waals surface area (Å²) in [6, 6.07) is 5.28. The number of aliphatic hydroxyl groups excluding tert-OH is 1. The first kappa shape index (κ1) is 14.7. The molecule has 15 heavy (non-hydrogen) atoms. The van der Waals surface area contributed by atoms with Gasteiger partial charge in [-0.05, 0) is 25.1 Å². The molecule has 1 aromatic rings. The molecular formula is C10H15BrClNO2. The Bertz CT molecular complexity index is 307. The Labute approximate surface area is 104 Å². The van der Waals surface area contributed by atoms with Crippen LogP contribution in [0.5, 0.6) is 5.75 Å². The Morgan fingerprint density at radius 2 is 2.13 bits per heavy atom. The fourth-order valence-electron chi connectivity index (χ4n) is 1.11. The van der Waals surface area contributed by atoms with Gasteiger partial charge < -0.3 is 15.5 Å². The Morgan fingerprint density at radius 1 is 1.47 bits per heavy atom. The van der Waals surface area contributed by atoms with Gasteiger partial charge in [0.25, 0.3) is 0 Å². The molecule has 1 rings (SSSR count). The predicted octanol–water partition coefficient (Wildman–Crippen LogP) is 2.05. The number of phenols is 1. The SMILES string of the molecule is CC(O)CNCc1cc(Br)ccc1O.Cl. The topological polar surface area (TPSA) is 52.5 Å². The van der Waals surface area contributed by atoms with Crippen LogP contribution < -0.4 is 5.32 Å². The summed E-state index contributed by atoms with van der Waals surface area (Å²) < 4.78 is 0.934. The molecule has 0 aromatic heterocycles. The molecule has 0 aliphatic rings. The van der Waals surface area contributed by atoms with E-state index >= 15 is 0 Å². The molecule has 0 spiro atoms. The van der Waals surface area contributed by atoms with E-state index in [1.54, 1.807) is 19.1 Å². The molecule has 0 aliphatic carbocycles. The number of nitrogens with one attached hydrogen (secondary N) is 1. The van der Waals surface area contributed by atoms with Crippen LogP contribution in [0.1, 0.15) is 12.5 Å². The summed E-state index contributed by atoms with van der Waals surface area (Å²) in [6.45, 7) is 2.79. The van der Waals surface area contributed by atoms with Crippen molar-refractivity contribution in [2.75, 3.05) is 6.54 Å². The van der Waals surface area contributed by atoms with Gasteiger partial charge in [0, 0.05) is 23.1 Å². The van der Waals surface area contributed by atoms with Crippen molar-refractivity contribution in [3.8, 4) is 5.75 Å². The summed E-state index contributed by atoms with van der Waals surface area (Å²) in [5.41, 5.74) is 0.819. The quantitative estimate of drug-likeness (QED) is 0.797. The number of aliphatic hydroxyl groups is 1. The molecule has 0 bridgehead atoms. The van der Waals surface area contributed by atoms with Gasteiger partial charge in [-0.3, -0.25) is 0 Å². The first-order valence-electron chi connectivity index (χ1n) is 4.46. The summed E-state index contributed by atoms with van der Waals surface area (Å²) >= 11 is 3.33. The van der Waals surface area contributed by atoms with Gasteiger partial charge >= 0.3 is 0 Å². The van der Waals surface area contributed by atoms with Crippen LogP contribution >= 0.6 is 28.3 Å². The van der Waals surface area contributed by atoms with E-state index in [4.69, 9.17) is 5.11 Å². The zero-order valence-electron chi connectivity index (χ0n) is 8.40. The standard InChI is InChI=1S/C10H14BrNO2.ClH/c1-7(13)5-12-6-8-4-9(11)2-3-10(8)14;/h2-4,7,12-14H,5-6H2,1H3;1H. The predicted molar refractivity (Wildman–Crippen MR) is 66.4 cm³/mol. The maximum Gasteiger partial charge on any atom is 0.120 e. The van der Waals surface area contributed by atoms with E-state index in [-0.39, 0.29) is 24.3 Å². The van der Waals surface area contributed by atoms with Crippen molar-refractivity contribution in [2.45, 2.75) is 19.6 Å². The molecule has 0 saturated heterocycles. The third-order valence-corrected chi connectivity index (χ3v) is 2.29. The van der Waals surface area contributed by atoms with E-state index in [0.717, 1.165) is 10.0 Å². The van der Waals surface area contributed by atoms with Crippen molar-refractivity contribution < 1.29 is 10.2 Å². The number of phenolic OH excluding ortho intramolecular Hbond substituents is 1. The molecule has 3 nitrogen and oxygen atoms in total. The van der Waals surface area contributed by atoms with Crippen molar-refractivity contribution in [2.24, 2.45) is 0 Å². The monoisotopic (exact) mass is 295 g/mol. The van der Waals surface area contributed by atoms with Gasteiger partial charge in [-0.25, -0.2) is 0 Å². The minimum atomic E-state index is -0.371. The average Bonchev–Trinajstić information content (AvgIpc) is 2.10. The van der Waals surface area contributed by atoms with Gasteiger partial charge in [-0.2, -0.15) is 0 Å². The Morgan fingerprint density at radius 3 is 2.73 bits per heavy atom. The average molecular weight is 297 g/mol. The fourth-order valence-corrected chi connectivity index (χ4v) is 1.52. The van der Waals surface area contributed by atoms with Crippen LogP contribution in [0.15, 0.2) is 22.7 Å². The number of hydrogen-bond acceptors (Lipinski definition) is 3. The second-order valence-corrected chi connectivity index (χ2v) is 4.17. The molecule has 1 aromatic carbocycles. The normalized spacial score (nSPS) is 11.9. The van der Waals surface area contributed by atoms with Crippen LogP contribution in [0.2, 0.25) is 0 Å². The zero-order valence-corrected chi connectivity index (χ0v) is 10.8. The molecule has 0 aliphatic heterocycles. The molecule has 1 atom stereocenters. The summed E-state index contributed by atoms with van der Waals surface area (Å²) in [6.07, 6.45) is -0.371. The largest absolute Gasteiger partial charge is 0.508 e. The van der Waals surface area contributed by atoms with E-state index in [2.05, 4.69) is 21.2 Å². The summed E-state index contributed by atoms with van der Waals surface area (Å²) in [5.74, 6) is 0.270. The van der Waals surface area contributed by atoms with Crippen LogP contribution in [-0.2, 0) is 6.54 Å². The molecule has 5 heteroatoms. The molecule has 3 N–H and O–H groups in total. The highest BCUT2D eigenvalue weighted by Crippen LogP contribution is 2.21.